The van der Waals surface area contributed by atoms with Gasteiger partial charge in [0.2, 0.25) is 0 Å². The first-order chi connectivity index (χ1) is 9.99. The van der Waals surface area contributed by atoms with Crippen LogP contribution in [-0.4, -0.2) is 22.7 Å². The Morgan fingerprint density at radius 2 is 2.14 bits per heavy atom. The predicted octanol–water partition coefficient (Wildman–Crippen LogP) is 3.74. The molecule has 0 radical (unpaired) electrons. The van der Waals surface area contributed by atoms with Crippen LogP contribution in [0.15, 0.2) is 24.3 Å². The minimum Gasteiger partial charge on any atom is -0.493 e. The van der Waals surface area contributed by atoms with Gasteiger partial charge in [0.25, 0.3) is 0 Å². The van der Waals surface area contributed by atoms with Crippen LogP contribution in [0.1, 0.15) is 35.6 Å². The molecule has 0 saturated carbocycles. The summed E-state index contributed by atoms with van der Waals surface area (Å²) >= 11 is 6.08. The lowest BCUT2D eigenvalue weighted by atomic mass is 10.2. The third-order valence-corrected chi connectivity index (χ3v) is 3.27. The van der Waals surface area contributed by atoms with E-state index in [9.17, 15) is 4.79 Å². The van der Waals surface area contributed by atoms with Crippen molar-refractivity contribution in [1.82, 2.24) is 9.78 Å². The van der Waals surface area contributed by atoms with Crippen LogP contribution in [0.2, 0.25) is 5.02 Å². The van der Waals surface area contributed by atoms with E-state index < -0.39 is 0 Å². The fourth-order valence-corrected chi connectivity index (χ4v) is 2.18. The zero-order valence-electron chi connectivity index (χ0n) is 12.5. The molecular formula is C16H19ClN2O2. The van der Waals surface area contributed by atoms with Crippen molar-refractivity contribution in [1.29, 1.82) is 0 Å². The molecule has 0 amide bonds. The molecule has 5 heteroatoms. The molecule has 0 atom stereocenters. The van der Waals surface area contributed by atoms with Crippen LogP contribution in [0.25, 0.3) is 0 Å². The lowest BCUT2D eigenvalue weighted by Crippen LogP contribution is -2.09. The molecule has 1 aromatic heterocycles. The van der Waals surface area contributed by atoms with Gasteiger partial charge in [0.05, 0.1) is 13.2 Å². The van der Waals surface area contributed by atoms with Crippen LogP contribution in [0, 0.1) is 12.8 Å². The summed E-state index contributed by atoms with van der Waals surface area (Å²) in [5, 5.41) is 4.89. The summed E-state index contributed by atoms with van der Waals surface area (Å²) in [7, 11) is 0. The van der Waals surface area contributed by atoms with Gasteiger partial charge in [0.15, 0.2) is 6.29 Å². The molecule has 1 heterocycles. The second-order valence-electron chi connectivity index (χ2n) is 5.44. The highest BCUT2D eigenvalue weighted by atomic mass is 35.5. The minimum atomic E-state index is 0.430. The SMILES string of the molecule is Cc1cc(C=O)nn1Cc1cc(Cl)ccc1OCC(C)C. The summed E-state index contributed by atoms with van der Waals surface area (Å²) < 4.78 is 7.60. The Labute approximate surface area is 129 Å². The summed E-state index contributed by atoms with van der Waals surface area (Å²) in [6.45, 7) is 7.28. The second kappa shape index (κ2) is 6.76. The average Bonchev–Trinajstić information content (AvgIpc) is 2.78. The van der Waals surface area contributed by atoms with Crippen molar-refractivity contribution < 1.29 is 9.53 Å². The van der Waals surface area contributed by atoms with Crippen molar-refractivity contribution in [3.05, 3.63) is 46.2 Å². The van der Waals surface area contributed by atoms with Gasteiger partial charge >= 0.3 is 0 Å². The van der Waals surface area contributed by atoms with Crippen molar-refractivity contribution in [2.75, 3.05) is 6.61 Å². The van der Waals surface area contributed by atoms with E-state index in [1.807, 2.05) is 25.1 Å². The van der Waals surface area contributed by atoms with E-state index in [0.717, 1.165) is 23.3 Å². The average molecular weight is 307 g/mol. The molecule has 0 fully saturated rings. The number of hydrogen-bond donors (Lipinski definition) is 0. The maximum absolute atomic E-state index is 10.8. The first kappa shape index (κ1) is 15.6. The molecule has 112 valence electrons. The summed E-state index contributed by atoms with van der Waals surface area (Å²) in [6.07, 6.45) is 0.748. The van der Waals surface area contributed by atoms with Crippen molar-refractivity contribution in [2.45, 2.75) is 27.3 Å². The molecule has 0 aliphatic heterocycles. The number of aryl methyl sites for hydroxylation is 1. The maximum atomic E-state index is 10.8. The third-order valence-electron chi connectivity index (χ3n) is 3.04. The zero-order valence-corrected chi connectivity index (χ0v) is 13.2. The van der Waals surface area contributed by atoms with E-state index in [4.69, 9.17) is 16.3 Å². The molecule has 2 aromatic rings. The molecule has 4 nitrogen and oxygen atoms in total. The Hall–Kier alpha value is -1.81. The fraction of sp³-hybridized carbons (Fsp3) is 0.375. The predicted molar refractivity (Wildman–Crippen MR) is 83.2 cm³/mol. The minimum absolute atomic E-state index is 0.430. The van der Waals surface area contributed by atoms with Crippen LogP contribution in [0.4, 0.5) is 0 Å². The quantitative estimate of drug-likeness (QED) is 0.764. The molecular weight excluding hydrogens is 288 g/mol. The van der Waals surface area contributed by atoms with E-state index in [-0.39, 0.29) is 0 Å². The normalized spacial score (nSPS) is 10.9. The second-order valence-corrected chi connectivity index (χ2v) is 5.88. The van der Waals surface area contributed by atoms with Gasteiger partial charge in [-0.15, -0.1) is 0 Å². The number of benzene rings is 1. The Balaban J connectivity index is 2.26. The lowest BCUT2D eigenvalue weighted by Gasteiger charge is -2.14. The fourth-order valence-electron chi connectivity index (χ4n) is 1.98. The number of aldehydes is 1. The third kappa shape index (κ3) is 4.08. The Bertz CT molecular complexity index is 635. The van der Waals surface area contributed by atoms with Crippen LogP contribution < -0.4 is 4.74 Å². The molecule has 0 spiro atoms. The van der Waals surface area contributed by atoms with Crippen LogP contribution in [0.5, 0.6) is 5.75 Å². The number of carbonyl (C=O) groups excluding carboxylic acids is 1. The Kier molecular flexibility index (Phi) is 5.02. The molecule has 0 N–H and O–H groups in total. The Morgan fingerprint density at radius 1 is 1.38 bits per heavy atom. The molecule has 0 aliphatic carbocycles. The van der Waals surface area contributed by atoms with Gasteiger partial charge < -0.3 is 4.74 Å². The first-order valence-electron chi connectivity index (χ1n) is 6.90. The van der Waals surface area contributed by atoms with Gasteiger partial charge in [0.1, 0.15) is 11.4 Å². The molecule has 0 saturated heterocycles. The summed E-state index contributed by atoms with van der Waals surface area (Å²) in [6, 6.07) is 7.32. The number of hydrogen-bond acceptors (Lipinski definition) is 3. The lowest BCUT2D eigenvalue weighted by molar-refractivity contribution is 0.111. The highest BCUT2D eigenvalue weighted by Crippen LogP contribution is 2.24. The van der Waals surface area contributed by atoms with Gasteiger partial charge in [-0.1, -0.05) is 25.4 Å². The standard InChI is InChI=1S/C16H19ClN2O2/c1-11(2)10-21-16-5-4-14(17)7-13(16)8-19-12(3)6-15(9-20)18-19/h4-7,9,11H,8,10H2,1-3H3. The molecule has 2 rings (SSSR count). The van der Waals surface area contributed by atoms with Gasteiger partial charge in [-0.05, 0) is 37.1 Å². The first-order valence-corrected chi connectivity index (χ1v) is 7.28. The largest absolute Gasteiger partial charge is 0.493 e. The topological polar surface area (TPSA) is 44.1 Å². The zero-order chi connectivity index (χ0) is 15.4. The van der Waals surface area contributed by atoms with Crippen LogP contribution in [0.3, 0.4) is 0 Å². The van der Waals surface area contributed by atoms with Gasteiger partial charge in [-0.25, -0.2) is 0 Å². The van der Waals surface area contributed by atoms with E-state index in [1.165, 1.54) is 0 Å². The molecule has 0 aliphatic rings. The molecule has 21 heavy (non-hydrogen) atoms. The smallest absolute Gasteiger partial charge is 0.170 e. The number of aromatic nitrogens is 2. The van der Waals surface area contributed by atoms with Crippen LogP contribution in [-0.2, 0) is 6.54 Å². The van der Waals surface area contributed by atoms with E-state index >= 15 is 0 Å². The monoisotopic (exact) mass is 306 g/mol. The highest BCUT2D eigenvalue weighted by molar-refractivity contribution is 6.30. The number of nitrogens with zero attached hydrogens (tertiary/aromatic N) is 2. The van der Waals surface area contributed by atoms with Crippen molar-refractivity contribution >= 4 is 17.9 Å². The maximum Gasteiger partial charge on any atom is 0.170 e. The van der Waals surface area contributed by atoms with Crippen molar-refractivity contribution in [3.63, 3.8) is 0 Å². The van der Waals surface area contributed by atoms with Crippen LogP contribution >= 0.6 is 11.6 Å². The van der Waals surface area contributed by atoms with Crippen molar-refractivity contribution in [2.24, 2.45) is 5.92 Å². The van der Waals surface area contributed by atoms with E-state index in [0.29, 0.717) is 29.8 Å². The summed E-state index contributed by atoms with van der Waals surface area (Å²) in [5.74, 6) is 1.25. The highest BCUT2D eigenvalue weighted by Gasteiger charge is 2.10. The van der Waals surface area contributed by atoms with Crippen molar-refractivity contribution in [3.8, 4) is 5.75 Å². The molecule has 0 unspecified atom stereocenters. The number of ether oxygens (including phenoxy) is 1. The van der Waals surface area contributed by atoms with E-state index in [2.05, 4.69) is 18.9 Å². The Morgan fingerprint density at radius 3 is 2.76 bits per heavy atom. The molecule has 1 aromatic carbocycles. The molecule has 0 bridgehead atoms. The number of rotatable bonds is 6. The summed E-state index contributed by atoms with van der Waals surface area (Å²) in [4.78, 5) is 10.8. The summed E-state index contributed by atoms with van der Waals surface area (Å²) in [5.41, 5.74) is 2.30. The van der Waals surface area contributed by atoms with Gasteiger partial charge in [-0.2, -0.15) is 5.10 Å². The van der Waals surface area contributed by atoms with E-state index in [1.54, 1.807) is 10.7 Å². The van der Waals surface area contributed by atoms with Gasteiger partial charge in [-0.3, -0.25) is 9.48 Å². The number of carbonyl (C=O) groups is 1. The number of halogens is 1. The van der Waals surface area contributed by atoms with Gasteiger partial charge in [0, 0.05) is 16.3 Å².